The van der Waals surface area contributed by atoms with Crippen LogP contribution in [0.15, 0.2) is 11.7 Å². The molecule has 0 atom stereocenters. The highest BCUT2D eigenvalue weighted by Gasteiger charge is 2.16. The van der Waals surface area contributed by atoms with Crippen molar-refractivity contribution in [2.45, 2.75) is 26.8 Å². The molecule has 1 aromatic rings. The number of aromatic nitrogens is 1. The van der Waals surface area contributed by atoms with Gasteiger partial charge in [0.25, 0.3) is 0 Å². The molecule has 80 valence electrons. The fourth-order valence-corrected chi connectivity index (χ4v) is 1.81. The van der Waals surface area contributed by atoms with Crippen molar-refractivity contribution in [2.75, 3.05) is 13.2 Å². The minimum Gasteiger partial charge on any atom is -0.396 e. The Morgan fingerprint density at radius 3 is 2.93 bits per heavy atom. The number of nitrogens with zero attached hydrogens (tertiary/aromatic N) is 1. The Hall–Kier alpha value is -0.450. The molecule has 0 aromatic carbocycles. The zero-order valence-corrected chi connectivity index (χ0v) is 9.60. The number of hydrogen-bond donors (Lipinski definition) is 2. The first-order chi connectivity index (χ1) is 6.64. The van der Waals surface area contributed by atoms with Gasteiger partial charge in [0.05, 0.1) is 5.51 Å². The molecule has 0 saturated carbocycles. The number of nitrogens with one attached hydrogen (secondary N) is 1. The van der Waals surface area contributed by atoms with E-state index in [0.29, 0.717) is 0 Å². The van der Waals surface area contributed by atoms with Crippen LogP contribution in [-0.2, 0) is 6.54 Å². The monoisotopic (exact) mass is 214 g/mol. The van der Waals surface area contributed by atoms with Gasteiger partial charge in [-0.05, 0) is 11.8 Å². The van der Waals surface area contributed by atoms with Crippen LogP contribution in [0.25, 0.3) is 0 Å². The van der Waals surface area contributed by atoms with E-state index in [-0.39, 0.29) is 12.0 Å². The van der Waals surface area contributed by atoms with Crippen molar-refractivity contribution in [1.82, 2.24) is 10.3 Å². The van der Waals surface area contributed by atoms with Gasteiger partial charge < -0.3 is 10.4 Å². The van der Waals surface area contributed by atoms with Gasteiger partial charge in [-0.3, -0.25) is 4.98 Å². The highest BCUT2D eigenvalue weighted by atomic mass is 32.1. The first kappa shape index (κ1) is 11.6. The molecule has 3 nitrogen and oxygen atoms in total. The molecular weight excluding hydrogens is 196 g/mol. The molecule has 0 amide bonds. The van der Waals surface area contributed by atoms with Crippen molar-refractivity contribution in [1.29, 1.82) is 0 Å². The molecule has 2 N–H and O–H groups in total. The van der Waals surface area contributed by atoms with Crippen LogP contribution in [0.1, 0.15) is 25.1 Å². The lowest BCUT2D eigenvalue weighted by molar-refractivity contribution is 0.207. The predicted octanol–water partition coefficient (Wildman–Crippen LogP) is 1.64. The molecule has 14 heavy (non-hydrogen) atoms. The van der Waals surface area contributed by atoms with Crippen LogP contribution in [0.2, 0.25) is 0 Å². The second-order valence-corrected chi connectivity index (χ2v) is 5.18. The van der Waals surface area contributed by atoms with Crippen LogP contribution in [0.3, 0.4) is 0 Å². The second-order valence-electron chi connectivity index (χ2n) is 4.21. The van der Waals surface area contributed by atoms with E-state index < -0.39 is 0 Å². The lowest BCUT2D eigenvalue weighted by atomic mass is 9.90. The van der Waals surface area contributed by atoms with Gasteiger partial charge in [-0.25, -0.2) is 0 Å². The highest BCUT2D eigenvalue weighted by Crippen LogP contribution is 2.18. The number of aliphatic hydroxyl groups is 1. The van der Waals surface area contributed by atoms with Gasteiger partial charge in [0.15, 0.2) is 0 Å². The van der Waals surface area contributed by atoms with Gasteiger partial charge in [-0.15, -0.1) is 11.3 Å². The Bertz CT molecular complexity index is 247. The SMILES string of the molecule is CC(C)(CCO)CNCc1cncs1. The van der Waals surface area contributed by atoms with Crippen molar-refractivity contribution in [2.24, 2.45) is 5.41 Å². The van der Waals surface area contributed by atoms with Crippen molar-refractivity contribution >= 4 is 11.3 Å². The summed E-state index contributed by atoms with van der Waals surface area (Å²) in [5, 5.41) is 12.2. The maximum absolute atomic E-state index is 8.85. The van der Waals surface area contributed by atoms with Gasteiger partial charge in [-0.1, -0.05) is 13.8 Å². The Morgan fingerprint density at radius 1 is 1.57 bits per heavy atom. The zero-order valence-electron chi connectivity index (χ0n) is 8.79. The molecule has 0 spiro atoms. The fourth-order valence-electron chi connectivity index (χ4n) is 1.24. The number of thiazole rings is 1. The molecule has 0 fully saturated rings. The second kappa shape index (κ2) is 5.44. The minimum atomic E-state index is 0.166. The molecule has 0 radical (unpaired) electrons. The highest BCUT2D eigenvalue weighted by molar-refractivity contribution is 7.09. The van der Waals surface area contributed by atoms with E-state index in [2.05, 4.69) is 24.1 Å². The van der Waals surface area contributed by atoms with E-state index in [1.54, 1.807) is 11.3 Å². The molecule has 0 saturated heterocycles. The van der Waals surface area contributed by atoms with Gasteiger partial charge in [-0.2, -0.15) is 0 Å². The predicted molar refractivity (Wildman–Crippen MR) is 59.3 cm³/mol. The molecule has 0 unspecified atom stereocenters. The maximum atomic E-state index is 8.85. The van der Waals surface area contributed by atoms with Crippen molar-refractivity contribution < 1.29 is 5.11 Å². The smallest absolute Gasteiger partial charge is 0.0794 e. The number of rotatable bonds is 6. The molecule has 0 aliphatic carbocycles. The third-order valence-electron chi connectivity index (χ3n) is 2.17. The van der Waals surface area contributed by atoms with E-state index in [1.165, 1.54) is 4.88 Å². The first-order valence-corrected chi connectivity index (χ1v) is 5.71. The largest absolute Gasteiger partial charge is 0.396 e. The number of aliphatic hydroxyl groups excluding tert-OH is 1. The summed E-state index contributed by atoms with van der Waals surface area (Å²) in [5.74, 6) is 0. The van der Waals surface area contributed by atoms with Gasteiger partial charge >= 0.3 is 0 Å². The maximum Gasteiger partial charge on any atom is 0.0794 e. The van der Waals surface area contributed by atoms with E-state index in [1.807, 2.05) is 11.7 Å². The van der Waals surface area contributed by atoms with Crippen LogP contribution < -0.4 is 5.32 Å². The first-order valence-electron chi connectivity index (χ1n) is 4.83. The van der Waals surface area contributed by atoms with E-state index in [9.17, 15) is 0 Å². The Kier molecular flexibility index (Phi) is 4.51. The molecular formula is C10H18N2OS. The molecule has 1 aromatic heterocycles. The summed E-state index contributed by atoms with van der Waals surface area (Å²) in [6, 6.07) is 0. The molecule has 1 rings (SSSR count). The Balaban J connectivity index is 2.20. The van der Waals surface area contributed by atoms with Crippen LogP contribution >= 0.6 is 11.3 Å². The Labute approximate surface area is 89.2 Å². The quantitative estimate of drug-likeness (QED) is 0.756. The average Bonchev–Trinajstić information content (AvgIpc) is 2.56. The summed E-state index contributed by atoms with van der Waals surface area (Å²) in [6.45, 7) is 6.37. The van der Waals surface area contributed by atoms with Gasteiger partial charge in [0.1, 0.15) is 0 Å². The average molecular weight is 214 g/mol. The summed E-state index contributed by atoms with van der Waals surface area (Å²) in [5.41, 5.74) is 2.01. The van der Waals surface area contributed by atoms with Crippen molar-refractivity contribution in [3.63, 3.8) is 0 Å². The standard InChI is InChI=1S/C10H18N2OS/c1-10(2,3-4-13)7-11-5-9-6-12-8-14-9/h6,8,11,13H,3-5,7H2,1-2H3. The Morgan fingerprint density at radius 2 is 2.36 bits per heavy atom. The summed E-state index contributed by atoms with van der Waals surface area (Å²) < 4.78 is 0. The summed E-state index contributed by atoms with van der Waals surface area (Å²) in [4.78, 5) is 5.27. The van der Waals surface area contributed by atoms with Crippen LogP contribution in [0.5, 0.6) is 0 Å². The molecule has 0 aliphatic rings. The third kappa shape index (κ3) is 4.17. The summed E-state index contributed by atoms with van der Waals surface area (Å²) in [6.07, 6.45) is 2.72. The van der Waals surface area contributed by atoms with Crippen molar-refractivity contribution in [3.8, 4) is 0 Å². The molecule has 0 bridgehead atoms. The van der Waals surface area contributed by atoms with Gasteiger partial charge in [0.2, 0.25) is 0 Å². The van der Waals surface area contributed by atoms with Crippen molar-refractivity contribution in [3.05, 3.63) is 16.6 Å². The van der Waals surface area contributed by atoms with Crippen LogP contribution in [-0.4, -0.2) is 23.2 Å². The third-order valence-corrected chi connectivity index (χ3v) is 2.95. The topological polar surface area (TPSA) is 45.1 Å². The van der Waals surface area contributed by atoms with Crippen LogP contribution in [0, 0.1) is 5.41 Å². The molecule has 0 aliphatic heterocycles. The van der Waals surface area contributed by atoms with E-state index in [4.69, 9.17) is 5.11 Å². The lowest BCUT2D eigenvalue weighted by Gasteiger charge is -2.23. The number of hydrogen-bond acceptors (Lipinski definition) is 4. The fraction of sp³-hybridized carbons (Fsp3) is 0.700. The van der Waals surface area contributed by atoms with Gasteiger partial charge in [0, 0.05) is 30.8 Å². The summed E-state index contributed by atoms with van der Waals surface area (Å²) >= 11 is 1.66. The minimum absolute atomic E-state index is 0.166. The van der Waals surface area contributed by atoms with E-state index in [0.717, 1.165) is 19.5 Å². The normalized spacial score (nSPS) is 11.9. The lowest BCUT2D eigenvalue weighted by Crippen LogP contribution is -2.29. The zero-order chi connectivity index (χ0) is 10.4. The van der Waals surface area contributed by atoms with Crippen LogP contribution in [0.4, 0.5) is 0 Å². The molecule has 1 heterocycles. The molecule has 4 heteroatoms. The van der Waals surface area contributed by atoms with E-state index >= 15 is 0 Å². The summed E-state index contributed by atoms with van der Waals surface area (Å²) in [7, 11) is 0.